The number of aryl methyl sites for hydroxylation is 1. The highest BCUT2D eigenvalue weighted by Crippen LogP contribution is 2.29. The quantitative estimate of drug-likeness (QED) is 0.942. The summed E-state index contributed by atoms with van der Waals surface area (Å²) in [4.78, 5) is 0. The van der Waals surface area contributed by atoms with Crippen LogP contribution in [0.25, 0.3) is 11.1 Å². The van der Waals surface area contributed by atoms with Gasteiger partial charge in [0.25, 0.3) is 0 Å². The summed E-state index contributed by atoms with van der Waals surface area (Å²) >= 11 is 0. The predicted octanol–water partition coefficient (Wildman–Crippen LogP) is 3.27. The lowest BCUT2D eigenvalue weighted by atomic mass is 9.93. The Bertz CT molecular complexity index is 732. The summed E-state index contributed by atoms with van der Waals surface area (Å²) < 4.78 is 22.5. The van der Waals surface area contributed by atoms with Crippen molar-refractivity contribution in [1.82, 2.24) is 0 Å². The molecule has 0 unspecified atom stereocenters. The molecule has 2 aromatic carbocycles. The summed E-state index contributed by atoms with van der Waals surface area (Å²) in [5.74, 6) is 0. The molecule has 4 heteroatoms. The van der Waals surface area contributed by atoms with Crippen LogP contribution in [0, 0.1) is 6.92 Å². The molecular formula is C17H21NO2S. The van der Waals surface area contributed by atoms with E-state index in [-0.39, 0.29) is 0 Å². The van der Waals surface area contributed by atoms with Gasteiger partial charge >= 0.3 is 0 Å². The van der Waals surface area contributed by atoms with E-state index in [9.17, 15) is 8.42 Å². The van der Waals surface area contributed by atoms with E-state index in [0.29, 0.717) is 6.42 Å². The third-order valence-electron chi connectivity index (χ3n) is 3.77. The standard InChI is InChI=1S/C17H21NO2S/c1-13-8-10-14(11-9-13)16-7-5-4-6-15(16)12-17(2,3)21(18,19)20/h4-11H,12H2,1-3H3,(H2,18,19,20). The molecule has 0 saturated heterocycles. The third kappa shape index (κ3) is 3.52. The molecule has 0 bridgehead atoms. The van der Waals surface area contributed by atoms with Gasteiger partial charge in [-0.05, 0) is 43.9 Å². The van der Waals surface area contributed by atoms with Crippen molar-refractivity contribution in [3.05, 3.63) is 59.7 Å². The zero-order valence-corrected chi connectivity index (χ0v) is 13.4. The van der Waals surface area contributed by atoms with Crippen molar-refractivity contribution in [3.8, 4) is 11.1 Å². The van der Waals surface area contributed by atoms with Crippen LogP contribution in [0.1, 0.15) is 25.0 Å². The average molecular weight is 303 g/mol. The molecule has 0 spiro atoms. The number of hydrogen-bond acceptors (Lipinski definition) is 2. The molecule has 0 fully saturated rings. The van der Waals surface area contributed by atoms with Gasteiger partial charge in [0.1, 0.15) is 0 Å². The highest BCUT2D eigenvalue weighted by atomic mass is 32.2. The molecule has 0 heterocycles. The first kappa shape index (κ1) is 15.7. The van der Waals surface area contributed by atoms with Crippen LogP contribution in [0.4, 0.5) is 0 Å². The number of primary sulfonamides is 1. The Morgan fingerprint density at radius 2 is 1.57 bits per heavy atom. The van der Waals surface area contributed by atoms with Crippen molar-refractivity contribution in [2.75, 3.05) is 0 Å². The Kier molecular flexibility index (Phi) is 4.21. The minimum absolute atomic E-state index is 0.385. The van der Waals surface area contributed by atoms with Gasteiger partial charge in [0.05, 0.1) is 4.75 Å². The van der Waals surface area contributed by atoms with E-state index in [2.05, 4.69) is 24.3 Å². The Labute approximate surface area is 126 Å². The molecule has 0 aliphatic rings. The van der Waals surface area contributed by atoms with Gasteiger partial charge in [0.15, 0.2) is 0 Å². The smallest absolute Gasteiger partial charge is 0.214 e. The molecule has 0 atom stereocenters. The molecule has 112 valence electrons. The summed E-state index contributed by atoms with van der Waals surface area (Å²) in [6.45, 7) is 5.36. The van der Waals surface area contributed by atoms with Crippen LogP contribution in [0.2, 0.25) is 0 Å². The number of sulfonamides is 1. The Morgan fingerprint density at radius 3 is 2.14 bits per heavy atom. The second-order valence-electron chi connectivity index (χ2n) is 6.00. The van der Waals surface area contributed by atoms with Gasteiger partial charge < -0.3 is 0 Å². The third-order valence-corrected chi connectivity index (χ3v) is 5.45. The summed E-state index contributed by atoms with van der Waals surface area (Å²) in [7, 11) is -3.61. The van der Waals surface area contributed by atoms with E-state index >= 15 is 0 Å². The van der Waals surface area contributed by atoms with Crippen LogP contribution in [0.5, 0.6) is 0 Å². The molecule has 0 aromatic heterocycles. The van der Waals surface area contributed by atoms with E-state index in [1.165, 1.54) is 5.56 Å². The van der Waals surface area contributed by atoms with Gasteiger partial charge in [-0.25, -0.2) is 13.6 Å². The fourth-order valence-corrected chi connectivity index (χ4v) is 2.61. The van der Waals surface area contributed by atoms with Crippen molar-refractivity contribution < 1.29 is 8.42 Å². The fraction of sp³-hybridized carbons (Fsp3) is 0.294. The first-order valence-corrected chi connectivity index (χ1v) is 8.43. The van der Waals surface area contributed by atoms with Gasteiger partial charge in [-0.1, -0.05) is 54.1 Å². The topological polar surface area (TPSA) is 60.2 Å². The molecule has 0 aliphatic heterocycles. The van der Waals surface area contributed by atoms with Crippen LogP contribution in [0.15, 0.2) is 48.5 Å². The van der Waals surface area contributed by atoms with Crippen LogP contribution in [-0.4, -0.2) is 13.2 Å². The highest BCUT2D eigenvalue weighted by Gasteiger charge is 2.31. The van der Waals surface area contributed by atoms with Crippen LogP contribution < -0.4 is 5.14 Å². The number of rotatable bonds is 4. The van der Waals surface area contributed by atoms with Gasteiger partial charge in [-0.2, -0.15) is 0 Å². The van der Waals surface area contributed by atoms with Crippen molar-refractivity contribution in [1.29, 1.82) is 0 Å². The lowest BCUT2D eigenvalue weighted by molar-refractivity contribution is 0.545. The number of benzene rings is 2. The van der Waals surface area contributed by atoms with Crippen LogP contribution in [0.3, 0.4) is 0 Å². The summed E-state index contributed by atoms with van der Waals surface area (Å²) in [6, 6.07) is 16.1. The SMILES string of the molecule is Cc1ccc(-c2ccccc2CC(C)(C)S(N)(=O)=O)cc1. The molecule has 2 aromatic rings. The maximum absolute atomic E-state index is 11.7. The average Bonchev–Trinajstić information content (AvgIpc) is 2.39. The summed E-state index contributed by atoms with van der Waals surface area (Å²) in [5.41, 5.74) is 4.32. The van der Waals surface area contributed by atoms with Crippen LogP contribution >= 0.6 is 0 Å². The summed E-state index contributed by atoms with van der Waals surface area (Å²) in [5, 5.41) is 5.34. The van der Waals surface area contributed by atoms with Crippen molar-refractivity contribution in [2.24, 2.45) is 5.14 Å². The van der Waals surface area contributed by atoms with E-state index in [1.807, 2.05) is 31.2 Å². The van der Waals surface area contributed by atoms with Gasteiger partial charge in [0.2, 0.25) is 10.0 Å². The maximum atomic E-state index is 11.7. The molecule has 0 amide bonds. The van der Waals surface area contributed by atoms with E-state index in [4.69, 9.17) is 5.14 Å². The lowest BCUT2D eigenvalue weighted by Gasteiger charge is -2.23. The normalized spacial score (nSPS) is 12.4. The van der Waals surface area contributed by atoms with Crippen molar-refractivity contribution in [3.63, 3.8) is 0 Å². The molecular weight excluding hydrogens is 282 g/mol. The van der Waals surface area contributed by atoms with E-state index < -0.39 is 14.8 Å². The Hall–Kier alpha value is -1.65. The molecule has 0 aliphatic carbocycles. The minimum Gasteiger partial charge on any atom is -0.228 e. The zero-order chi connectivity index (χ0) is 15.7. The maximum Gasteiger partial charge on any atom is 0.214 e. The first-order chi connectivity index (χ1) is 9.71. The van der Waals surface area contributed by atoms with E-state index in [1.54, 1.807) is 13.8 Å². The second-order valence-corrected chi connectivity index (χ2v) is 8.20. The van der Waals surface area contributed by atoms with Crippen molar-refractivity contribution in [2.45, 2.75) is 31.9 Å². The minimum atomic E-state index is -3.61. The lowest BCUT2D eigenvalue weighted by Crippen LogP contribution is -2.39. The van der Waals surface area contributed by atoms with Gasteiger partial charge in [0, 0.05) is 0 Å². The monoisotopic (exact) mass is 303 g/mol. The van der Waals surface area contributed by atoms with Gasteiger partial charge in [-0.3, -0.25) is 0 Å². The molecule has 3 nitrogen and oxygen atoms in total. The molecule has 2 rings (SSSR count). The zero-order valence-electron chi connectivity index (χ0n) is 12.6. The Balaban J connectivity index is 2.45. The van der Waals surface area contributed by atoms with E-state index in [0.717, 1.165) is 16.7 Å². The summed E-state index contributed by atoms with van der Waals surface area (Å²) in [6.07, 6.45) is 0.385. The fourth-order valence-electron chi connectivity index (χ4n) is 2.25. The largest absolute Gasteiger partial charge is 0.228 e. The molecule has 0 radical (unpaired) electrons. The van der Waals surface area contributed by atoms with Crippen molar-refractivity contribution >= 4 is 10.0 Å². The highest BCUT2D eigenvalue weighted by molar-refractivity contribution is 7.90. The Morgan fingerprint density at radius 1 is 1.00 bits per heavy atom. The second kappa shape index (κ2) is 5.62. The predicted molar refractivity (Wildman–Crippen MR) is 87.5 cm³/mol. The molecule has 21 heavy (non-hydrogen) atoms. The number of hydrogen-bond donors (Lipinski definition) is 1. The number of nitrogens with two attached hydrogens (primary N) is 1. The van der Waals surface area contributed by atoms with Crippen LogP contribution in [-0.2, 0) is 16.4 Å². The molecule has 0 saturated carbocycles. The molecule has 2 N–H and O–H groups in total. The first-order valence-electron chi connectivity index (χ1n) is 6.88. The van der Waals surface area contributed by atoms with Gasteiger partial charge in [-0.15, -0.1) is 0 Å².